The molecule has 1 aliphatic heterocycles. The molecule has 1 unspecified atom stereocenters. The summed E-state index contributed by atoms with van der Waals surface area (Å²) in [4.78, 5) is 23.5. The first-order chi connectivity index (χ1) is 12.7. The zero-order valence-corrected chi connectivity index (χ0v) is 15.3. The first-order valence-electron chi connectivity index (χ1n) is 8.90. The van der Waals surface area contributed by atoms with Crippen molar-refractivity contribution >= 4 is 11.8 Å². The highest BCUT2D eigenvalue weighted by molar-refractivity contribution is 5.97. The second-order valence-electron chi connectivity index (χ2n) is 6.15. The molecule has 4 nitrogen and oxygen atoms in total. The summed E-state index contributed by atoms with van der Waals surface area (Å²) in [5.41, 5.74) is 4.05. The number of carbonyl (C=O) groups is 2. The zero-order valence-electron chi connectivity index (χ0n) is 15.3. The molecule has 1 heterocycles. The monoisotopic (exact) mass is 350 g/mol. The SMILES string of the molecule is C=C.CCC(=O)NC1=CCC(CC2CNC(=O)c3ccccc32)=CC=C1. The van der Waals surface area contributed by atoms with Gasteiger partial charge in [0, 0.05) is 30.1 Å². The summed E-state index contributed by atoms with van der Waals surface area (Å²) < 4.78 is 0. The normalized spacial score (nSPS) is 18.2. The van der Waals surface area contributed by atoms with Crippen LogP contribution in [0.5, 0.6) is 0 Å². The fourth-order valence-electron chi connectivity index (χ4n) is 3.14. The van der Waals surface area contributed by atoms with Crippen LogP contribution in [0, 0.1) is 0 Å². The molecule has 1 aromatic rings. The van der Waals surface area contributed by atoms with Gasteiger partial charge in [0.05, 0.1) is 0 Å². The van der Waals surface area contributed by atoms with Crippen molar-refractivity contribution in [3.05, 3.63) is 84.1 Å². The lowest BCUT2D eigenvalue weighted by Gasteiger charge is -2.26. The van der Waals surface area contributed by atoms with Gasteiger partial charge in [0.25, 0.3) is 5.91 Å². The Hall–Kier alpha value is -2.88. The lowest BCUT2D eigenvalue weighted by molar-refractivity contribution is -0.120. The average Bonchev–Trinajstić information content (AvgIpc) is 2.91. The van der Waals surface area contributed by atoms with Crippen LogP contribution in [-0.2, 0) is 4.79 Å². The summed E-state index contributed by atoms with van der Waals surface area (Å²) in [5.74, 6) is 0.332. The van der Waals surface area contributed by atoms with Crippen LogP contribution in [0.2, 0.25) is 0 Å². The minimum atomic E-state index is 0.0149. The Labute approximate surface area is 155 Å². The molecule has 2 aliphatic rings. The number of nitrogens with one attached hydrogen (secondary N) is 2. The number of hydrogen-bond donors (Lipinski definition) is 2. The fourth-order valence-corrected chi connectivity index (χ4v) is 3.14. The maximum Gasteiger partial charge on any atom is 0.251 e. The number of fused-ring (bicyclic) bond motifs is 1. The third-order valence-corrected chi connectivity index (χ3v) is 4.46. The van der Waals surface area contributed by atoms with Gasteiger partial charge in [-0.3, -0.25) is 9.59 Å². The van der Waals surface area contributed by atoms with Gasteiger partial charge in [0.1, 0.15) is 0 Å². The summed E-state index contributed by atoms with van der Waals surface area (Å²) in [6, 6.07) is 7.83. The second-order valence-corrected chi connectivity index (χ2v) is 6.15. The Balaban J connectivity index is 0.00000117. The number of hydrogen-bond acceptors (Lipinski definition) is 2. The van der Waals surface area contributed by atoms with Crippen molar-refractivity contribution < 1.29 is 9.59 Å². The minimum absolute atomic E-state index is 0.0149. The predicted octanol–water partition coefficient (Wildman–Crippen LogP) is 4.00. The van der Waals surface area contributed by atoms with E-state index in [1.807, 2.05) is 37.3 Å². The molecule has 0 radical (unpaired) electrons. The van der Waals surface area contributed by atoms with E-state index in [0.717, 1.165) is 29.7 Å². The van der Waals surface area contributed by atoms with E-state index in [0.29, 0.717) is 18.9 Å². The molecule has 0 saturated carbocycles. The van der Waals surface area contributed by atoms with E-state index in [1.54, 1.807) is 0 Å². The molecule has 1 aliphatic carbocycles. The van der Waals surface area contributed by atoms with Crippen LogP contribution in [0.25, 0.3) is 0 Å². The average molecular weight is 350 g/mol. The van der Waals surface area contributed by atoms with E-state index in [9.17, 15) is 9.59 Å². The lowest BCUT2D eigenvalue weighted by atomic mass is 9.85. The Kier molecular flexibility index (Phi) is 7.15. The van der Waals surface area contributed by atoms with E-state index < -0.39 is 0 Å². The van der Waals surface area contributed by atoms with Crippen LogP contribution < -0.4 is 10.6 Å². The van der Waals surface area contributed by atoms with Crippen molar-refractivity contribution in [2.75, 3.05) is 6.54 Å². The molecule has 136 valence electrons. The van der Waals surface area contributed by atoms with Crippen molar-refractivity contribution in [2.24, 2.45) is 0 Å². The van der Waals surface area contributed by atoms with E-state index in [1.165, 1.54) is 5.57 Å². The minimum Gasteiger partial charge on any atom is -0.351 e. The Morgan fingerprint density at radius 1 is 1.31 bits per heavy atom. The molecule has 0 saturated heterocycles. The molecule has 0 aromatic heterocycles. The third-order valence-electron chi connectivity index (χ3n) is 4.46. The van der Waals surface area contributed by atoms with Gasteiger partial charge in [-0.25, -0.2) is 0 Å². The molecule has 26 heavy (non-hydrogen) atoms. The molecule has 0 spiro atoms. The largest absolute Gasteiger partial charge is 0.351 e. The first-order valence-corrected chi connectivity index (χ1v) is 8.90. The van der Waals surface area contributed by atoms with Crippen molar-refractivity contribution in [1.29, 1.82) is 0 Å². The van der Waals surface area contributed by atoms with E-state index in [2.05, 4.69) is 42.0 Å². The molecule has 2 amide bonds. The number of amides is 2. The molecule has 1 aromatic carbocycles. The van der Waals surface area contributed by atoms with Crippen molar-refractivity contribution in [2.45, 2.75) is 32.1 Å². The van der Waals surface area contributed by atoms with Crippen molar-refractivity contribution in [3.63, 3.8) is 0 Å². The maximum atomic E-state index is 12.0. The van der Waals surface area contributed by atoms with E-state index in [4.69, 9.17) is 0 Å². The number of rotatable bonds is 4. The van der Waals surface area contributed by atoms with Crippen LogP contribution >= 0.6 is 0 Å². The molecule has 2 N–H and O–H groups in total. The van der Waals surface area contributed by atoms with Gasteiger partial charge in [-0.2, -0.15) is 0 Å². The Morgan fingerprint density at radius 3 is 2.85 bits per heavy atom. The highest BCUT2D eigenvalue weighted by Crippen LogP contribution is 2.31. The molecular weight excluding hydrogens is 324 g/mol. The van der Waals surface area contributed by atoms with Gasteiger partial charge >= 0.3 is 0 Å². The Bertz CT molecular complexity index is 759. The summed E-state index contributed by atoms with van der Waals surface area (Å²) in [6.45, 7) is 8.51. The highest BCUT2D eigenvalue weighted by atomic mass is 16.2. The molecule has 4 heteroatoms. The maximum absolute atomic E-state index is 12.0. The van der Waals surface area contributed by atoms with Gasteiger partial charge < -0.3 is 10.6 Å². The Morgan fingerprint density at radius 2 is 2.08 bits per heavy atom. The van der Waals surface area contributed by atoms with Crippen molar-refractivity contribution in [3.8, 4) is 0 Å². The molecule has 3 rings (SSSR count). The van der Waals surface area contributed by atoms with Gasteiger partial charge in [0.2, 0.25) is 5.91 Å². The van der Waals surface area contributed by atoms with Crippen LogP contribution in [-0.4, -0.2) is 18.4 Å². The molecule has 0 bridgehead atoms. The van der Waals surface area contributed by atoms with E-state index in [-0.39, 0.29) is 11.8 Å². The third kappa shape index (κ3) is 4.82. The molecule has 0 fully saturated rings. The summed E-state index contributed by atoms with van der Waals surface area (Å²) >= 11 is 0. The second kappa shape index (κ2) is 9.56. The number of allylic oxidation sites excluding steroid dienone is 5. The first kappa shape index (κ1) is 19.4. The highest BCUT2D eigenvalue weighted by Gasteiger charge is 2.25. The van der Waals surface area contributed by atoms with Gasteiger partial charge in [-0.15, -0.1) is 13.2 Å². The van der Waals surface area contributed by atoms with Crippen molar-refractivity contribution in [1.82, 2.24) is 10.6 Å². The van der Waals surface area contributed by atoms with Crippen LogP contribution in [0.3, 0.4) is 0 Å². The van der Waals surface area contributed by atoms with Gasteiger partial charge in [0.15, 0.2) is 0 Å². The number of benzene rings is 1. The van der Waals surface area contributed by atoms with Gasteiger partial charge in [-0.05, 0) is 30.5 Å². The quantitative estimate of drug-likeness (QED) is 0.806. The summed E-state index contributed by atoms with van der Waals surface area (Å²) in [6.07, 6.45) is 10.3. The zero-order chi connectivity index (χ0) is 18.9. The molecular formula is C22H26N2O2. The topological polar surface area (TPSA) is 58.2 Å². The predicted molar refractivity (Wildman–Crippen MR) is 106 cm³/mol. The van der Waals surface area contributed by atoms with E-state index >= 15 is 0 Å². The van der Waals surface area contributed by atoms with Crippen LogP contribution in [0.1, 0.15) is 48.0 Å². The lowest BCUT2D eigenvalue weighted by Crippen LogP contribution is -2.35. The summed E-state index contributed by atoms with van der Waals surface area (Å²) in [5, 5.41) is 5.88. The van der Waals surface area contributed by atoms with Crippen LogP contribution in [0.4, 0.5) is 0 Å². The van der Waals surface area contributed by atoms with Crippen LogP contribution in [0.15, 0.2) is 73.0 Å². The summed E-state index contributed by atoms with van der Waals surface area (Å²) in [7, 11) is 0. The number of carbonyl (C=O) groups excluding carboxylic acids is 2. The smallest absolute Gasteiger partial charge is 0.251 e. The fraction of sp³-hybridized carbons (Fsp3) is 0.273. The molecule has 1 atom stereocenters. The standard InChI is InChI=1S/C20H22N2O2.C2H4/c1-2-19(23)22-16-7-5-6-14(10-11-16)12-15-13-21-20(24)18-9-4-3-8-17(15)18;1-2/h3-9,11,15H,2,10,12-13H2,1H3,(H,21,24)(H,22,23);1-2H2. The van der Waals surface area contributed by atoms with Gasteiger partial charge in [-0.1, -0.05) is 48.9 Å².